The molecule has 2 aromatic rings. The highest BCUT2D eigenvalue weighted by Crippen LogP contribution is 2.38. The number of aromatic nitrogens is 2. The van der Waals surface area contributed by atoms with Crippen molar-refractivity contribution in [3.8, 4) is 22.9 Å². The molecule has 3 N–H and O–H groups in total. The zero-order chi connectivity index (χ0) is 14.5. The Hall–Kier alpha value is -2.01. The van der Waals surface area contributed by atoms with Crippen LogP contribution in [-0.2, 0) is 0 Å². The van der Waals surface area contributed by atoms with E-state index in [1.54, 1.807) is 26.6 Å². The molecule has 0 spiro atoms. The average Bonchev–Trinajstić information content (AvgIpc) is 3.00. The molecule has 0 aliphatic carbocycles. The van der Waals surface area contributed by atoms with Gasteiger partial charge in [-0.25, -0.2) is 4.98 Å². The summed E-state index contributed by atoms with van der Waals surface area (Å²) < 4.78 is 10.9. The smallest absolute Gasteiger partial charge is 0.165 e. The topological polar surface area (TPSA) is 73.2 Å². The number of hydrogen-bond donors (Lipinski definition) is 2. The van der Waals surface area contributed by atoms with Crippen molar-refractivity contribution in [3.63, 3.8) is 0 Å². The van der Waals surface area contributed by atoms with Gasteiger partial charge in [0.05, 0.1) is 14.2 Å². The summed E-state index contributed by atoms with van der Waals surface area (Å²) in [5, 5.41) is 0. The Morgan fingerprint density at radius 1 is 1.30 bits per heavy atom. The summed E-state index contributed by atoms with van der Waals surface area (Å²) in [7, 11) is 3.26. The van der Waals surface area contributed by atoms with E-state index in [1.807, 2.05) is 12.1 Å². The summed E-state index contributed by atoms with van der Waals surface area (Å²) >= 11 is 0. The molecule has 1 aromatic heterocycles. The molecule has 108 valence electrons. The first-order valence-corrected chi connectivity index (χ1v) is 6.72. The predicted molar refractivity (Wildman–Crippen MR) is 79.0 cm³/mol. The van der Waals surface area contributed by atoms with Gasteiger partial charge in [0.2, 0.25) is 0 Å². The molecule has 0 amide bonds. The zero-order valence-corrected chi connectivity index (χ0v) is 12.1. The van der Waals surface area contributed by atoms with Gasteiger partial charge < -0.3 is 20.2 Å². The zero-order valence-electron chi connectivity index (χ0n) is 12.1. The second-order valence-corrected chi connectivity index (χ2v) is 4.63. The second kappa shape index (κ2) is 6.43. The largest absolute Gasteiger partial charge is 0.493 e. The van der Waals surface area contributed by atoms with Crippen molar-refractivity contribution in [2.75, 3.05) is 14.2 Å². The van der Waals surface area contributed by atoms with Crippen molar-refractivity contribution in [3.05, 3.63) is 30.1 Å². The van der Waals surface area contributed by atoms with Gasteiger partial charge in [0, 0.05) is 29.6 Å². The summed E-state index contributed by atoms with van der Waals surface area (Å²) in [6.07, 6.45) is 5.41. The van der Waals surface area contributed by atoms with Gasteiger partial charge in [0.25, 0.3) is 0 Å². The van der Waals surface area contributed by atoms with E-state index >= 15 is 0 Å². The summed E-state index contributed by atoms with van der Waals surface area (Å²) in [5.74, 6) is 2.16. The fourth-order valence-electron chi connectivity index (χ4n) is 2.30. The van der Waals surface area contributed by atoms with Gasteiger partial charge in [-0.3, -0.25) is 0 Å². The first-order chi connectivity index (χ1) is 9.71. The fourth-order valence-corrected chi connectivity index (χ4v) is 2.30. The van der Waals surface area contributed by atoms with E-state index in [0.29, 0.717) is 11.5 Å². The number of rotatable bonds is 6. The van der Waals surface area contributed by atoms with Crippen LogP contribution in [0, 0.1) is 0 Å². The summed E-state index contributed by atoms with van der Waals surface area (Å²) in [6, 6.07) is 3.83. The molecule has 0 aliphatic rings. The lowest BCUT2D eigenvalue weighted by atomic mass is 9.98. The number of nitrogens with zero attached hydrogens (tertiary/aromatic N) is 1. The minimum Gasteiger partial charge on any atom is -0.493 e. The minimum absolute atomic E-state index is 0.0845. The Morgan fingerprint density at radius 3 is 2.65 bits per heavy atom. The Labute approximate surface area is 119 Å². The maximum atomic E-state index is 6.26. The van der Waals surface area contributed by atoms with Gasteiger partial charge in [-0.1, -0.05) is 13.3 Å². The van der Waals surface area contributed by atoms with Crippen molar-refractivity contribution >= 4 is 0 Å². The van der Waals surface area contributed by atoms with Gasteiger partial charge in [0.1, 0.15) is 5.82 Å². The molecule has 0 saturated heterocycles. The number of nitrogens with one attached hydrogen (secondary N) is 1. The molecule has 0 saturated carbocycles. The van der Waals surface area contributed by atoms with Crippen molar-refractivity contribution in [2.45, 2.75) is 25.8 Å². The molecule has 1 heterocycles. The van der Waals surface area contributed by atoms with Crippen LogP contribution < -0.4 is 15.2 Å². The van der Waals surface area contributed by atoms with Crippen LogP contribution >= 0.6 is 0 Å². The molecule has 5 heteroatoms. The van der Waals surface area contributed by atoms with Gasteiger partial charge in [-0.2, -0.15) is 0 Å². The Kier molecular flexibility index (Phi) is 4.63. The Morgan fingerprint density at radius 2 is 2.10 bits per heavy atom. The summed E-state index contributed by atoms with van der Waals surface area (Å²) in [4.78, 5) is 7.36. The standard InChI is InChI=1S/C15H21N3O2/c1-4-5-12(16)11-8-10(15-17-6-7-18-15)9-13(19-2)14(11)20-3/h6-9,12H,4-5,16H2,1-3H3,(H,17,18). The van der Waals surface area contributed by atoms with Crippen LogP contribution in [0.4, 0.5) is 0 Å². The number of benzene rings is 1. The maximum absolute atomic E-state index is 6.26. The molecule has 20 heavy (non-hydrogen) atoms. The van der Waals surface area contributed by atoms with Gasteiger partial charge in [-0.15, -0.1) is 0 Å². The quantitative estimate of drug-likeness (QED) is 0.850. The lowest BCUT2D eigenvalue weighted by Gasteiger charge is -2.19. The third-order valence-corrected chi connectivity index (χ3v) is 3.28. The van der Waals surface area contributed by atoms with Crippen molar-refractivity contribution in [2.24, 2.45) is 5.73 Å². The monoisotopic (exact) mass is 275 g/mol. The van der Waals surface area contributed by atoms with Crippen molar-refractivity contribution in [1.29, 1.82) is 0 Å². The minimum atomic E-state index is -0.0845. The number of nitrogens with two attached hydrogens (primary N) is 1. The normalized spacial score (nSPS) is 12.2. The molecule has 0 fully saturated rings. The van der Waals surface area contributed by atoms with Crippen LogP contribution in [0.25, 0.3) is 11.4 Å². The van der Waals surface area contributed by atoms with E-state index in [1.165, 1.54) is 0 Å². The van der Waals surface area contributed by atoms with Crippen molar-refractivity contribution in [1.82, 2.24) is 9.97 Å². The molecule has 1 atom stereocenters. The third kappa shape index (κ3) is 2.77. The van der Waals surface area contributed by atoms with Crippen LogP contribution in [0.5, 0.6) is 11.5 Å². The van der Waals surface area contributed by atoms with E-state index in [0.717, 1.165) is 29.8 Å². The molecular weight excluding hydrogens is 254 g/mol. The van der Waals surface area contributed by atoms with Crippen LogP contribution in [0.1, 0.15) is 31.4 Å². The maximum Gasteiger partial charge on any atom is 0.165 e. The number of methoxy groups -OCH3 is 2. The predicted octanol–water partition coefficient (Wildman–Crippen LogP) is 2.89. The molecule has 0 bridgehead atoms. The molecule has 2 rings (SSSR count). The van der Waals surface area contributed by atoms with Gasteiger partial charge in [-0.05, 0) is 18.6 Å². The van der Waals surface area contributed by atoms with E-state index < -0.39 is 0 Å². The van der Waals surface area contributed by atoms with Crippen LogP contribution in [0.2, 0.25) is 0 Å². The third-order valence-electron chi connectivity index (χ3n) is 3.28. The van der Waals surface area contributed by atoms with Gasteiger partial charge >= 0.3 is 0 Å². The molecule has 1 aromatic carbocycles. The molecule has 0 radical (unpaired) electrons. The van der Waals surface area contributed by atoms with E-state index in [2.05, 4.69) is 16.9 Å². The van der Waals surface area contributed by atoms with Crippen molar-refractivity contribution < 1.29 is 9.47 Å². The van der Waals surface area contributed by atoms with Crippen LogP contribution in [0.15, 0.2) is 24.5 Å². The van der Waals surface area contributed by atoms with Gasteiger partial charge in [0.15, 0.2) is 11.5 Å². The Balaban J connectivity index is 2.54. The number of imidazole rings is 1. The molecule has 5 nitrogen and oxygen atoms in total. The average molecular weight is 275 g/mol. The fraction of sp³-hybridized carbons (Fsp3) is 0.400. The lowest BCUT2D eigenvalue weighted by molar-refractivity contribution is 0.349. The summed E-state index contributed by atoms with van der Waals surface area (Å²) in [5.41, 5.74) is 8.15. The molecule has 0 aliphatic heterocycles. The molecule has 1 unspecified atom stereocenters. The number of aromatic amines is 1. The Bertz CT molecular complexity index is 552. The highest BCUT2D eigenvalue weighted by atomic mass is 16.5. The van der Waals surface area contributed by atoms with E-state index in [9.17, 15) is 0 Å². The first kappa shape index (κ1) is 14.4. The van der Waals surface area contributed by atoms with Crippen LogP contribution in [-0.4, -0.2) is 24.2 Å². The summed E-state index contributed by atoms with van der Waals surface area (Å²) in [6.45, 7) is 2.11. The number of hydrogen-bond acceptors (Lipinski definition) is 4. The van der Waals surface area contributed by atoms with Crippen LogP contribution in [0.3, 0.4) is 0 Å². The van der Waals surface area contributed by atoms with E-state index in [4.69, 9.17) is 15.2 Å². The first-order valence-electron chi connectivity index (χ1n) is 6.72. The second-order valence-electron chi connectivity index (χ2n) is 4.63. The number of H-pyrrole nitrogens is 1. The lowest BCUT2D eigenvalue weighted by Crippen LogP contribution is -2.12. The SMILES string of the molecule is CCCC(N)c1cc(-c2ncc[nH]2)cc(OC)c1OC. The number of ether oxygens (including phenoxy) is 2. The molecular formula is C15H21N3O2. The highest BCUT2D eigenvalue weighted by molar-refractivity contribution is 5.64. The van der Waals surface area contributed by atoms with E-state index in [-0.39, 0.29) is 6.04 Å². The highest BCUT2D eigenvalue weighted by Gasteiger charge is 2.18.